The van der Waals surface area contributed by atoms with Gasteiger partial charge in [-0.25, -0.2) is 4.39 Å². The Kier molecular flexibility index (Phi) is 4.39. The van der Waals surface area contributed by atoms with E-state index in [4.69, 9.17) is 0 Å². The summed E-state index contributed by atoms with van der Waals surface area (Å²) < 4.78 is 15.5. The fourth-order valence-corrected chi connectivity index (χ4v) is 2.46. The first kappa shape index (κ1) is 12.8. The van der Waals surface area contributed by atoms with Crippen molar-refractivity contribution in [3.05, 3.63) is 61.9 Å². The van der Waals surface area contributed by atoms with Crippen LogP contribution in [0.25, 0.3) is 0 Å². The Hall–Kier alpha value is -0.620. The molecule has 2 rings (SSSR count). The predicted molar refractivity (Wildman–Crippen MR) is 80.6 cm³/mol. The second-order valence-corrected chi connectivity index (χ2v) is 5.65. The van der Waals surface area contributed by atoms with Gasteiger partial charge in [-0.05, 0) is 52.9 Å². The number of para-hydroxylation sites is 1. The first-order chi connectivity index (χ1) is 8.16. The lowest BCUT2D eigenvalue weighted by Gasteiger charge is -2.09. The summed E-state index contributed by atoms with van der Waals surface area (Å²) in [6.45, 7) is 0.477. The van der Waals surface area contributed by atoms with Crippen molar-refractivity contribution in [1.82, 2.24) is 0 Å². The second-order valence-electron chi connectivity index (χ2n) is 3.57. The Balaban J connectivity index is 2.12. The predicted octanol–water partition coefficient (Wildman–Crippen LogP) is 4.80. The molecule has 0 spiro atoms. The Morgan fingerprint density at radius 1 is 1.18 bits per heavy atom. The molecule has 4 heteroatoms. The summed E-state index contributed by atoms with van der Waals surface area (Å²) in [7, 11) is 0. The third-order valence-corrected chi connectivity index (χ3v) is 3.78. The van der Waals surface area contributed by atoms with Crippen molar-refractivity contribution in [3.8, 4) is 0 Å². The molecule has 0 fully saturated rings. The minimum absolute atomic E-state index is 0.188. The lowest BCUT2D eigenvalue weighted by Crippen LogP contribution is -2.03. The maximum Gasteiger partial charge on any atom is 0.128 e. The molecule has 0 aliphatic heterocycles. The SMILES string of the molecule is Fc1ccc(Br)cc1CNc1ccccc1I. The van der Waals surface area contributed by atoms with Crippen molar-refractivity contribution in [1.29, 1.82) is 0 Å². The van der Waals surface area contributed by atoms with E-state index in [1.54, 1.807) is 12.1 Å². The van der Waals surface area contributed by atoms with E-state index >= 15 is 0 Å². The van der Waals surface area contributed by atoms with E-state index in [1.807, 2.05) is 24.3 Å². The lowest BCUT2D eigenvalue weighted by atomic mass is 10.2. The molecule has 2 aromatic rings. The third-order valence-electron chi connectivity index (χ3n) is 2.35. The molecule has 0 aliphatic carbocycles. The number of hydrogen-bond acceptors (Lipinski definition) is 1. The summed E-state index contributed by atoms with van der Waals surface area (Å²) in [4.78, 5) is 0. The maximum absolute atomic E-state index is 13.5. The van der Waals surface area contributed by atoms with Crippen LogP contribution >= 0.6 is 38.5 Å². The lowest BCUT2D eigenvalue weighted by molar-refractivity contribution is 0.612. The Morgan fingerprint density at radius 2 is 1.94 bits per heavy atom. The molecule has 0 saturated heterocycles. The van der Waals surface area contributed by atoms with Gasteiger partial charge in [0.2, 0.25) is 0 Å². The molecule has 0 atom stereocenters. The summed E-state index contributed by atoms with van der Waals surface area (Å²) in [6, 6.07) is 12.9. The Morgan fingerprint density at radius 3 is 2.71 bits per heavy atom. The molecule has 88 valence electrons. The zero-order valence-electron chi connectivity index (χ0n) is 8.88. The van der Waals surface area contributed by atoms with E-state index in [1.165, 1.54) is 6.07 Å². The summed E-state index contributed by atoms with van der Waals surface area (Å²) in [6.07, 6.45) is 0. The van der Waals surface area contributed by atoms with Gasteiger partial charge >= 0.3 is 0 Å². The first-order valence-corrected chi connectivity index (χ1v) is 6.96. The number of nitrogens with one attached hydrogen (secondary N) is 1. The topological polar surface area (TPSA) is 12.0 Å². The molecular formula is C13H10BrFIN. The van der Waals surface area contributed by atoms with E-state index in [0.29, 0.717) is 12.1 Å². The molecule has 0 aliphatic rings. The zero-order chi connectivity index (χ0) is 12.3. The van der Waals surface area contributed by atoms with Crippen LogP contribution in [0, 0.1) is 9.39 Å². The van der Waals surface area contributed by atoms with Crippen LogP contribution in [0.5, 0.6) is 0 Å². The van der Waals surface area contributed by atoms with Crippen LogP contribution in [0.15, 0.2) is 46.9 Å². The van der Waals surface area contributed by atoms with E-state index in [9.17, 15) is 4.39 Å². The average Bonchev–Trinajstić information content (AvgIpc) is 2.32. The number of anilines is 1. The number of halogens is 3. The van der Waals surface area contributed by atoms with Gasteiger partial charge in [-0.2, -0.15) is 0 Å². The molecule has 0 radical (unpaired) electrons. The van der Waals surface area contributed by atoms with Crippen LogP contribution in [-0.2, 0) is 6.54 Å². The molecule has 17 heavy (non-hydrogen) atoms. The van der Waals surface area contributed by atoms with Crippen LogP contribution in [0.1, 0.15) is 5.56 Å². The standard InChI is InChI=1S/C13H10BrFIN/c14-10-5-6-11(15)9(7-10)8-17-13-4-2-1-3-12(13)16/h1-7,17H,8H2. The molecule has 0 heterocycles. The van der Waals surface area contributed by atoms with Gasteiger partial charge in [0.15, 0.2) is 0 Å². The van der Waals surface area contributed by atoms with Crippen LogP contribution in [0.2, 0.25) is 0 Å². The van der Waals surface area contributed by atoms with Gasteiger partial charge in [0, 0.05) is 25.8 Å². The molecule has 0 amide bonds. The maximum atomic E-state index is 13.5. The van der Waals surface area contributed by atoms with Crippen LogP contribution in [0.4, 0.5) is 10.1 Å². The minimum Gasteiger partial charge on any atom is -0.380 e. The van der Waals surface area contributed by atoms with Crippen LogP contribution in [0.3, 0.4) is 0 Å². The van der Waals surface area contributed by atoms with Gasteiger partial charge < -0.3 is 5.32 Å². The van der Waals surface area contributed by atoms with E-state index < -0.39 is 0 Å². The van der Waals surface area contributed by atoms with Gasteiger partial charge in [-0.1, -0.05) is 28.1 Å². The van der Waals surface area contributed by atoms with E-state index in [0.717, 1.165) is 13.7 Å². The van der Waals surface area contributed by atoms with Crippen molar-refractivity contribution < 1.29 is 4.39 Å². The molecular weight excluding hydrogens is 396 g/mol. The molecule has 0 aromatic heterocycles. The average molecular weight is 406 g/mol. The zero-order valence-corrected chi connectivity index (χ0v) is 12.6. The molecule has 2 aromatic carbocycles. The van der Waals surface area contributed by atoms with Crippen LogP contribution < -0.4 is 5.32 Å². The fraction of sp³-hybridized carbons (Fsp3) is 0.0769. The summed E-state index contributed by atoms with van der Waals surface area (Å²) in [5.41, 5.74) is 1.67. The quantitative estimate of drug-likeness (QED) is 0.723. The molecule has 1 nitrogen and oxygen atoms in total. The second kappa shape index (κ2) is 5.82. The van der Waals surface area contributed by atoms with E-state index in [2.05, 4.69) is 43.8 Å². The van der Waals surface area contributed by atoms with Crippen molar-refractivity contribution in [3.63, 3.8) is 0 Å². The Bertz CT molecular complexity index is 531. The molecule has 0 bridgehead atoms. The highest BCUT2D eigenvalue weighted by molar-refractivity contribution is 14.1. The summed E-state index contributed by atoms with van der Waals surface area (Å²) >= 11 is 5.59. The summed E-state index contributed by atoms with van der Waals surface area (Å²) in [5.74, 6) is -0.188. The van der Waals surface area contributed by atoms with Crippen molar-refractivity contribution in [2.45, 2.75) is 6.54 Å². The fourth-order valence-electron chi connectivity index (χ4n) is 1.47. The van der Waals surface area contributed by atoms with Crippen molar-refractivity contribution >= 4 is 44.2 Å². The number of rotatable bonds is 3. The Labute approximate surface area is 122 Å². The monoisotopic (exact) mass is 405 g/mol. The van der Waals surface area contributed by atoms with Gasteiger partial charge in [-0.3, -0.25) is 0 Å². The largest absolute Gasteiger partial charge is 0.380 e. The summed E-state index contributed by atoms with van der Waals surface area (Å²) in [5, 5.41) is 3.23. The number of hydrogen-bond donors (Lipinski definition) is 1. The molecule has 0 unspecified atom stereocenters. The third kappa shape index (κ3) is 3.42. The van der Waals surface area contributed by atoms with Crippen LogP contribution in [-0.4, -0.2) is 0 Å². The first-order valence-electron chi connectivity index (χ1n) is 5.09. The van der Waals surface area contributed by atoms with Gasteiger partial charge in [0.05, 0.1) is 0 Å². The van der Waals surface area contributed by atoms with Gasteiger partial charge in [0.25, 0.3) is 0 Å². The highest BCUT2D eigenvalue weighted by atomic mass is 127. The minimum atomic E-state index is -0.188. The highest BCUT2D eigenvalue weighted by Gasteiger charge is 2.03. The van der Waals surface area contributed by atoms with Crippen molar-refractivity contribution in [2.24, 2.45) is 0 Å². The normalized spacial score (nSPS) is 10.3. The van der Waals surface area contributed by atoms with E-state index in [-0.39, 0.29) is 5.82 Å². The molecule has 1 N–H and O–H groups in total. The van der Waals surface area contributed by atoms with Crippen molar-refractivity contribution in [2.75, 3.05) is 5.32 Å². The molecule has 0 saturated carbocycles. The van der Waals surface area contributed by atoms with Gasteiger partial charge in [0.1, 0.15) is 5.82 Å². The smallest absolute Gasteiger partial charge is 0.128 e. The highest BCUT2D eigenvalue weighted by Crippen LogP contribution is 2.20. The van der Waals surface area contributed by atoms with Gasteiger partial charge in [-0.15, -0.1) is 0 Å². The number of benzene rings is 2.